The van der Waals surface area contributed by atoms with Crippen LogP contribution in [0.5, 0.6) is 0 Å². The Kier molecular flexibility index (Phi) is 6.06. The molecule has 0 amide bonds. The second kappa shape index (κ2) is 7.09. The number of likely N-dealkylation sites (tertiary alicyclic amines) is 1. The molecule has 1 fully saturated rings. The topological polar surface area (TPSA) is 41.6 Å². The fraction of sp³-hybridized carbons (Fsp3) is 0.917. The lowest BCUT2D eigenvalue weighted by Crippen LogP contribution is -2.40. The molecule has 0 radical (unpaired) electrons. The molecule has 1 aliphatic rings. The first-order chi connectivity index (χ1) is 8.85. The van der Waals surface area contributed by atoms with Gasteiger partial charge in [0.15, 0.2) is 0 Å². The first kappa shape index (κ1) is 16.2. The van der Waals surface area contributed by atoms with Crippen molar-refractivity contribution < 1.29 is 22.7 Å². The molecule has 1 saturated heterocycles. The summed E-state index contributed by atoms with van der Waals surface area (Å²) in [6, 6.07) is -0.373. The molecule has 1 N–H and O–H groups in total. The normalized spacial score (nSPS) is 22.5. The van der Waals surface area contributed by atoms with Gasteiger partial charge in [-0.3, -0.25) is 9.69 Å². The molecule has 4 nitrogen and oxygen atoms in total. The van der Waals surface area contributed by atoms with Gasteiger partial charge in [0, 0.05) is 13.1 Å². The number of alkyl halides is 3. The predicted molar refractivity (Wildman–Crippen MR) is 64.7 cm³/mol. The van der Waals surface area contributed by atoms with E-state index in [2.05, 4.69) is 10.1 Å². The van der Waals surface area contributed by atoms with E-state index in [1.165, 1.54) is 12.0 Å². The van der Waals surface area contributed by atoms with E-state index in [0.717, 1.165) is 6.42 Å². The van der Waals surface area contributed by atoms with Gasteiger partial charge in [-0.05, 0) is 25.3 Å². The first-order valence-electron chi connectivity index (χ1n) is 6.46. The Morgan fingerprint density at radius 3 is 2.74 bits per heavy atom. The van der Waals surface area contributed by atoms with Crippen molar-refractivity contribution in [2.45, 2.75) is 32.0 Å². The number of rotatable bonds is 6. The minimum absolute atomic E-state index is 0.154. The Hall–Kier alpha value is -0.820. The summed E-state index contributed by atoms with van der Waals surface area (Å²) in [7, 11) is 1.33. The molecule has 7 heteroatoms. The number of methoxy groups -OCH3 is 1. The van der Waals surface area contributed by atoms with Crippen molar-refractivity contribution in [2.75, 3.05) is 33.3 Å². The number of ether oxygens (including phenoxy) is 1. The summed E-state index contributed by atoms with van der Waals surface area (Å²) in [4.78, 5) is 12.8. The van der Waals surface area contributed by atoms with Crippen LogP contribution in [0.2, 0.25) is 0 Å². The largest absolute Gasteiger partial charge is 0.468 e. The molecule has 19 heavy (non-hydrogen) atoms. The zero-order valence-electron chi connectivity index (χ0n) is 11.3. The molecule has 1 heterocycles. The molecule has 0 aromatic heterocycles. The third kappa shape index (κ3) is 5.78. The Morgan fingerprint density at radius 2 is 2.21 bits per heavy atom. The van der Waals surface area contributed by atoms with Crippen LogP contribution >= 0.6 is 0 Å². The highest BCUT2D eigenvalue weighted by Gasteiger charge is 2.34. The lowest BCUT2D eigenvalue weighted by Gasteiger charge is -2.19. The molecular weight excluding hydrogens is 261 g/mol. The second-order valence-electron chi connectivity index (χ2n) is 4.90. The molecule has 0 aromatic rings. The average molecular weight is 282 g/mol. The lowest BCUT2D eigenvalue weighted by molar-refractivity contribution is -0.143. The van der Waals surface area contributed by atoms with E-state index >= 15 is 0 Å². The van der Waals surface area contributed by atoms with Crippen LogP contribution in [0, 0.1) is 5.92 Å². The molecule has 0 saturated carbocycles. The van der Waals surface area contributed by atoms with E-state index in [-0.39, 0.29) is 17.9 Å². The van der Waals surface area contributed by atoms with Gasteiger partial charge in [-0.2, -0.15) is 13.2 Å². The maximum absolute atomic E-state index is 12.2. The molecule has 1 rings (SSSR count). The van der Waals surface area contributed by atoms with Crippen molar-refractivity contribution in [1.29, 1.82) is 0 Å². The molecular formula is C12H21F3N2O2. The van der Waals surface area contributed by atoms with E-state index in [9.17, 15) is 18.0 Å². The second-order valence-corrected chi connectivity index (χ2v) is 4.90. The van der Waals surface area contributed by atoms with Gasteiger partial charge in [0.1, 0.15) is 6.04 Å². The number of carbonyl (C=O) groups is 1. The monoisotopic (exact) mass is 282 g/mol. The fourth-order valence-corrected chi connectivity index (χ4v) is 2.32. The zero-order chi connectivity index (χ0) is 14.5. The SMILES string of the molecule is CCC(NCC1CCN(CC(F)(F)F)C1)C(=O)OC. The number of hydrogen-bond donors (Lipinski definition) is 1. The van der Waals surface area contributed by atoms with Crippen molar-refractivity contribution in [3.8, 4) is 0 Å². The molecule has 1 aliphatic heterocycles. The van der Waals surface area contributed by atoms with Gasteiger partial charge in [-0.25, -0.2) is 0 Å². The molecule has 2 atom stereocenters. The maximum Gasteiger partial charge on any atom is 0.401 e. The summed E-state index contributed by atoms with van der Waals surface area (Å²) in [6.07, 6.45) is -2.81. The molecule has 0 spiro atoms. The van der Waals surface area contributed by atoms with Crippen LogP contribution in [0.15, 0.2) is 0 Å². The van der Waals surface area contributed by atoms with E-state index in [4.69, 9.17) is 0 Å². The number of nitrogens with zero attached hydrogens (tertiary/aromatic N) is 1. The summed E-state index contributed by atoms with van der Waals surface area (Å²) >= 11 is 0. The highest BCUT2D eigenvalue weighted by atomic mass is 19.4. The van der Waals surface area contributed by atoms with Crippen LogP contribution < -0.4 is 5.32 Å². The third-order valence-electron chi connectivity index (χ3n) is 3.32. The third-order valence-corrected chi connectivity index (χ3v) is 3.32. The Morgan fingerprint density at radius 1 is 1.53 bits per heavy atom. The van der Waals surface area contributed by atoms with Crippen LogP contribution in [-0.2, 0) is 9.53 Å². The highest BCUT2D eigenvalue weighted by Crippen LogP contribution is 2.22. The van der Waals surface area contributed by atoms with Crippen molar-refractivity contribution in [2.24, 2.45) is 5.92 Å². The lowest BCUT2D eigenvalue weighted by atomic mass is 10.1. The maximum atomic E-state index is 12.2. The van der Waals surface area contributed by atoms with Crippen molar-refractivity contribution in [3.63, 3.8) is 0 Å². The highest BCUT2D eigenvalue weighted by molar-refractivity contribution is 5.75. The summed E-state index contributed by atoms with van der Waals surface area (Å²) in [5, 5.41) is 3.06. The van der Waals surface area contributed by atoms with Gasteiger partial charge in [-0.15, -0.1) is 0 Å². The quantitative estimate of drug-likeness (QED) is 0.748. The minimum atomic E-state index is -4.14. The number of hydrogen-bond acceptors (Lipinski definition) is 4. The number of nitrogens with one attached hydrogen (secondary N) is 1. The smallest absolute Gasteiger partial charge is 0.401 e. The van der Waals surface area contributed by atoms with Crippen molar-refractivity contribution in [3.05, 3.63) is 0 Å². The van der Waals surface area contributed by atoms with Crippen molar-refractivity contribution >= 4 is 5.97 Å². The van der Waals surface area contributed by atoms with Gasteiger partial charge < -0.3 is 10.1 Å². The van der Waals surface area contributed by atoms with Crippen LogP contribution in [0.4, 0.5) is 13.2 Å². The van der Waals surface area contributed by atoms with Gasteiger partial charge in [0.25, 0.3) is 0 Å². The Bertz CT molecular complexity index is 297. The van der Waals surface area contributed by atoms with Crippen LogP contribution in [0.25, 0.3) is 0 Å². The van der Waals surface area contributed by atoms with Crippen LogP contribution in [0.3, 0.4) is 0 Å². The molecule has 0 aromatic carbocycles. The minimum Gasteiger partial charge on any atom is -0.468 e. The van der Waals surface area contributed by atoms with Crippen LogP contribution in [0.1, 0.15) is 19.8 Å². The molecule has 0 bridgehead atoms. The number of esters is 1. The number of carbonyl (C=O) groups excluding carboxylic acids is 1. The van der Waals surface area contributed by atoms with Crippen LogP contribution in [-0.4, -0.2) is 56.4 Å². The standard InChI is InChI=1S/C12H21F3N2O2/c1-3-10(11(18)19-2)16-6-9-4-5-17(7-9)8-12(13,14)15/h9-10,16H,3-8H2,1-2H3. The molecule has 2 unspecified atom stereocenters. The summed E-state index contributed by atoms with van der Waals surface area (Å²) in [5.74, 6) is -0.172. The van der Waals surface area contributed by atoms with Gasteiger partial charge in [0.2, 0.25) is 0 Å². The fourth-order valence-electron chi connectivity index (χ4n) is 2.32. The van der Waals surface area contributed by atoms with Gasteiger partial charge >= 0.3 is 12.1 Å². The average Bonchev–Trinajstić information content (AvgIpc) is 2.74. The summed E-state index contributed by atoms with van der Waals surface area (Å²) in [6.45, 7) is 2.43. The number of halogens is 3. The van der Waals surface area contributed by atoms with E-state index in [1.54, 1.807) is 0 Å². The Labute approximate surface area is 111 Å². The van der Waals surface area contributed by atoms with Gasteiger partial charge in [-0.1, -0.05) is 6.92 Å². The van der Waals surface area contributed by atoms with E-state index in [1.807, 2.05) is 6.92 Å². The first-order valence-corrected chi connectivity index (χ1v) is 6.46. The Balaban J connectivity index is 2.30. The van der Waals surface area contributed by atoms with Gasteiger partial charge in [0.05, 0.1) is 13.7 Å². The van der Waals surface area contributed by atoms with Crippen molar-refractivity contribution in [1.82, 2.24) is 10.2 Å². The predicted octanol–water partition coefficient (Wildman–Crippen LogP) is 1.41. The molecule has 112 valence electrons. The summed E-state index contributed by atoms with van der Waals surface area (Å²) < 4.78 is 41.4. The van der Waals surface area contributed by atoms with E-state index in [0.29, 0.717) is 26.1 Å². The summed E-state index contributed by atoms with van der Waals surface area (Å²) in [5.41, 5.74) is 0. The van der Waals surface area contributed by atoms with E-state index < -0.39 is 12.7 Å². The zero-order valence-corrected chi connectivity index (χ0v) is 11.3. The molecule has 0 aliphatic carbocycles.